The van der Waals surface area contributed by atoms with E-state index in [4.69, 9.17) is 4.74 Å². The second-order valence-corrected chi connectivity index (χ2v) is 4.37. The third kappa shape index (κ3) is 3.17. The van der Waals surface area contributed by atoms with Gasteiger partial charge in [-0.1, -0.05) is 6.92 Å². The van der Waals surface area contributed by atoms with Crippen molar-refractivity contribution in [2.45, 2.75) is 31.9 Å². The first kappa shape index (κ1) is 13.4. The van der Waals surface area contributed by atoms with Crippen LogP contribution in [0.3, 0.4) is 0 Å². The van der Waals surface area contributed by atoms with Gasteiger partial charge in [0.15, 0.2) is 5.60 Å². The maximum absolute atomic E-state index is 11.4. The normalized spacial score (nSPS) is 26.1. The topological polar surface area (TPSA) is 59.0 Å². The fourth-order valence-electron chi connectivity index (χ4n) is 1.95. The van der Waals surface area contributed by atoms with Crippen LogP contribution in [0.25, 0.3) is 0 Å². The second kappa shape index (κ2) is 5.61. The molecule has 1 saturated heterocycles. The van der Waals surface area contributed by atoms with Crippen LogP contribution < -0.4 is 0 Å². The van der Waals surface area contributed by atoms with Crippen molar-refractivity contribution in [1.29, 1.82) is 0 Å². The number of rotatable bonds is 4. The SMILES string of the molecule is CCC1COCCN1CC(C)(O)C(=O)OC. The molecule has 16 heavy (non-hydrogen) atoms. The monoisotopic (exact) mass is 231 g/mol. The van der Waals surface area contributed by atoms with Crippen LogP contribution in [0.4, 0.5) is 0 Å². The molecule has 0 aromatic heterocycles. The second-order valence-electron chi connectivity index (χ2n) is 4.37. The maximum Gasteiger partial charge on any atom is 0.338 e. The molecule has 5 nitrogen and oxygen atoms in total. The lowest BCUT2D eigenvalue weighted by Gasteiger charge is -2.38. The van der Waals surface area contributed by atoms with Gasteiger partial charge in [0, 0.05) is 19.1 Å². The molecular formula is C11H21NO4. The van der Waals surface area contributed by atoms with E-state index in [1.54, 1.807) is 0 Å². The molecule has 1 N–H and O–H groups in total. The molecular weight excluding hydrogens is 210 g/mol. The first-order chi connectivity index (χ1) is 7.51. The van der Waals surface area contributed by atoms with Gasteiger partial charge in [0.1, 0.15) is 0 Å². The lowest BCUT2D eigenvalue weighted by Crippen LogP contribution is -2.54. The molecule has 0 bridgehead atoms. The zero-order valence-electron chi connectivity index (χ0n) is 10.2. The van der Waals surface area contributed by atoms with Gasteiger partial charge in [0.05, 0.1) is 20.3 Å². The summed E-state index contributed by atoms with van der Waals surface area (Å²) in [6.07, 6.45) is 0.942. The van der Waals surface area contributed by atoms with E-state index in [0.717, 1.165) is 13.0 Å². The number of methoxy groups -OCH3 is 1. The Hall–Kier alpha value is -0.650. The van der Waals surface area contributed by atoms with Gasteiger partial charge in [0.2, 0.25) is 0 Å². The molecule has 0 amide bonds. The van der Waals surface area contributed by atoms with E-state index in [1.807, 2.05) is 0 Å². The molecule has 2 atom stereocenters. The van der Waals surface area contributed by atoms with Crippen molar-refractivity contribution < 1.29 is 19.4 Å². The smallest absolute Gasteiger partial charge is 0.338 e. The fraction of sp³-hybridized carbons (Fsp3) is 0.909. The van der Waals surface area contributed by atoms with Gasteiger partial charge in [-0.05, 0) is 13.3 Å². The molecule has 94 valence electrons. The molecule has 1 aliphatic rings. The minimum Gasteiger partial charge on any atom is -0.467 e. The summed E-state index contributed by atoms with van der Waals surface area (Å²) in [5.41, 5.74) is -1.44. The number of ether oxygens (including phenoxy) is 2. The first-order valence-electron chi connectivity index (χ1n) is 5.64. The Morgan fingerprint density at radius 3 is 2.94 bits per heavy atom. The van der Waals surface area contributed by atoms with Gasteiger partial charge in [-0.25, -0.2) is 4.79 Å². The Kier molecular flexibility index (Phi) is 4.70. The van der Waals surface area contributed by atoms with Crippen LogP contribution in [0.15, 0.2) is 0 Å². The van der Waals surface area contributed by atoms with Gasteiger partial charge in [-0.3, -0.25) is 4.90 Å². The number of hydrogen-bond donors (Lipinski definition) is 1. The quantitative estimate of drug-likeness (QED) is 0.691. The van der Waals surface area contributed by atoms with E-state index in [2.05, 4.69) is 16.6 Å². The van der Waals surface area contributed by atoms with Crippen molar-refractivity contribution in [1.82, 2.24) is 4.90 Å². The molecule has 0 saturated carbocycles. The molecule has 0 aliphatic carbocycles. The number of carbonyl (C=O) groups is 1. The maximum atomic E-state index is 11.4. The van der Waals surface area contributed by atoms with E-state index in [1.165, 1.54) is 14.0 Å². The van der Waals surface area contributed by atoms with Crippen molar-refractivity contribution >= 4 is 5.97 Å². The largest absolute Gasteiger partial charge is 0.467 e. The molecule has 5 heteroatoms. The Bertz CT molecular complexity index is 242. The van der Waals surface area contributed by atoms with Crippen molar-refractivity contribution in [2.75, 3.05) is 33.4 Å². The van der Waals surface area contributed by atoms with Crippen LogP contribution in [0.2, 0.25) is 0 Å². The lowest BCUT2D eigenvalue weighted by molar-refractivity contribution is -0.164. The summed E-state index contributed by atoms with van der Waals surface area (Å²) < 4.78 is 9.94. The van der Waals surface area contributed by atoms with Crippen molar-refractivity contribution in [2.24, 2.45) is 0 Å². The molecule has 0 aromatic rings. The highest BCUT2D eigenvalue weighted by molar-refractivity contribution is 5.78. The summed E-state index contributed by atoms with van der Waals surface area (Å²) in [6, 6.07) is 0.268. The van der Waals surface area contributed by atoms with E-state index < -0.39 is 11.6 Å². The minimum absolute atomic E-state index is 0.268. The fourth-order valence-corrected chi connectivity index (χ4v) is 1.95. The summed E-state index contributed by atoms with van der Waals surface area (Å²) in [5.74, 6) is -0.589. The number of nitrogens with zero attached hydrogens (tertiary/aromatic N) is 1. The Morgan fingerprint density at radius 1 is 1.69 bits per heavy atom. The molecule has 2 unspecified atom stereocenters. The van der Waals surface area contributed by atoms with E-state index >= 15 is 0 Å². The zero-order valence-corrected chi connectivity index (χ0v) is 10.2. The number of hydrogen-bond acceptors (Lipinski definition) is 5. The molecule has 1 heterocycles. The van der Waals surface area contributed by atoms with Crippen LogP contribution in [-0.2, 0) is 14.3 Å². The zero-order chi connectivity index (χ0) is 12.2. The van der Waals surface area contributed by atoms with Gasteiger partial charge in [-0.15, -0.1) is 0 Å². The van der Waals surface area contributed by atoms with Gasteiger partial charge >= 0.3 is 5.97 Å². The number of esters is 1. The number of morpholine rings is 1. The Morgan fingerprint density at radius 2 is 2.38 bits per heavy atom. The van der Waals surface area contributed by atoms with Crippen molar-refractivity contribution in [3.8, 4) is 0 Å². The third-order valence-electron chi connectivity index (χ3n) is 2.96. The van der Waals surface area contributed by atoms with Crippen LogP contribution in [-0.4, -0.2) is 61.0 Å². The number of β-amino-alcohol motifs (C(OH)–C–C–N with tert-alkyl or cyclic N) is 1. The van der Waals surface area contributed by atoms with Crippen molar-refractivity contribution in [3.05, 3.63) is 0 Å². The van der Waals surface area contributed by atoms with Gasteiger partial charge in [-0.2, -0.15) is 0 Å². The molecule has 0 spiro atoms. The predicted molar refractivity (Wildman–Crippen MR) is 59.1 cm³/mol. The predicted octanol–water partition coefficient (Wildman–Crippen LogP) is 0.0212. The van der Waals surface area contributed by atoms with Crippen LogP contribution in [0.1, 0.15) is 20.3 Å². The molecule has 1 aliphatic heterocycles. The molecule has 0 aromatic carbocycles. The third-order valence-corrected chi connectivity index (χ3v) is 2.96. The van der Waals surface area contributed by atoms with Crippen LogP contribution >= 0.6 is 0 Å². The standard InChI is InChI=1S/C11H21NO4/c1-4-9-7-16-6-5-12(9)8-11(2,14)10(13)15-3/h9,14H,4-8H2,1-3H3. The van der Waals surface area contributed by atoms with Gasteiger partial charge in [0.25, 0.3) is 0 Å². The molecule has 1 fully saturated rings. The highest BCUT2D eigenvalue weighted by Gasteiger charge is 2.36. The van der Waals surface area contributed by atoms with Crippen LogP contribution in [0, 0.1) is 0 Å². The van der Waals surface area contributed by atoms with Crippen LogP contribution in [0.5, 0.6) is 0 Å². The van der Waals surface area contributed by atoms with E-state index in [0.29, 0.717) is 19.8 Å². The molecule has 1 rings (SSSR count). The summed E-state index contributed by atoms with van der Waals surface area (Å²) in [7, 11) is 1.29. The number of carbonyl (C=O) groups excluding carboxylic acids is 1. The average Bonchev–Trinajstić information content (AvgIpc) is 2.28. The lowest BCUT2D eigenvalue weighted by atomic mass is 10.0. The summed E-state index contributed by atoms with van der Waals surface area (Å²) >= 11 is 0. The van der Waals surface area contributed by atoms with E-state index in [-0.39, 0.29) is 6.04 Å². The highest BCUT2D eigenvalue weighted by Crippen LogP contribution is 2.16. The first-order valence-corrected chi connectivity index (χ1v) is 5.64. The van der Waals surface area contributed by atoms with Gasteiger partial charge < -0.3 is 14.6 Å². The number of aliphatic hydroxyl groups is 1. The minimum atomic E-state index is -1.44. The summed E-state index contributed by atoms with van der Waals surface area (Å²) in [4.78, 5) is 13.5. The van der Waals surface area contributed by atoms with E-state index in [9.17, 15) is 9.90 Å². The highest BCUT2D eigenvalue weighted by atomic mass is 16.5. The average molecular weight is 231 g/mol. The Labute approximate surface area is 96.3 Å². The summed E-state index contributed by atoms with van der Waals surface area (Å²) in [5, 5.41) is 9.99. The Balaban J connectivity index is 2.60. The van der Waals surface area contributed by atoms with Crippen molar-refractivity contribution in [3.63, 3.8) is 0 Å². The summed E-state index contributed by atoms with van der Waals surface area (Å²) in [6.45, 7) is 5.90. The molecule has 0 radical (unpaired) electrons.